The lowest BCUT2D eigenvalue weighted by molar-refractivity contribution is -0.384. The van der Waals surface area contributed by atoms with Gasteiger partial charge >= 0.3 is 5.69 Å². The third-order valence-electron chi connectivity index (χ3n) is 3.56. The molecule has 1 unspecified atom stereocenters. The summed E-state index contributed by atoms with van der Waals surface area (Å²) in [5, 5.41) is 13.8. The highest BCUT2D eigenvalue weighted by atomic mass is 79.9. The number of halogens is 1. The Morgan fingerprint density at radius 3 is 2.95 bits per heavy atom. The van der Waals surface area contributed by atoms with Gasteiger partial charge in [-0.05, 0) is 29.3 Å². The molecule has 1 N–H and O–H groups in total. The number of nitrogens with zero attached hydrogens (tertiary/aromatic N) is 3. The molecule has 0 aromatic carbocycles. The smallest absolute Gasteiger partial charge is 0.312 e. The molecule has 1 aliphatic heterocycles. The summed E-state index contributed by atoms with van der Waals surface area (Å²) in [5.41, 5.74) is -0.599. The van der Waals surface area contributed by atoms with Crippen molar-refractivity contribution in [3.63, 3.8) is 0 Å². The van der Waals surface area contributed by atoms with Crippen LogP contribution in [-0.2, 0) is 4.79 Å². The molecule has 0 bridgehead atoms. The average molecular weight is 343 g/mol. The molecule has 1 amide bonds. The van der Waals surface area contributed by atoms with Crippen LogP contribution in [0, 0.1) is 15.5 Å². The van der Waals surface area contributed by atoms with E-state index in [1.54, 1.807) is 11.9 Å². The summed E-state index contributed by atoms with van der Waals surface area (Å²) in [6, 6.07) is 1.43. The third kappa shape index (κ3) is 2.60. The van der Waals surface area contributed by atoms with Crippen LogP contribution in [0.1, 0.15) is 13.3 Å². The first kappa shape index (κ1) is 14.7. The Morgan fingerprint density at radius 2 is 2.35 bits per heavy atom. The van der Waals surface area contributed by atoms with Crippen molar-refractivity contribution < 1.29 is 9.72 Å². The lowest BCUT2D eigenvalue weighted by atomic mass is 9.89. The number of amides is 1. The predicted molar refractivity (Wildman–Crippen MR) is 77.6 cm³/mol. The first-order valence-electron chi connectivity index (χ1n) is 6.14. The zero-order valence-electron chi connectivity index (χ0n) is 11.2. The molecule has 0 aliphatic carbocycles. The molecule has 1 aromatic heterocycles. The maximum absolute atomic E-state index is 11.9. The fourth-order valence-electron chi connectivity index (χ4n) is 2.43. The summed E-state index contributed by atoms with van der Waals surface area (Å²) in [6.07, 6.45) is 2.17. The minimum absolute atomic E-state index is 0.0551. The number of nitro groups is 1. The van der Waals surface area contributed by atoms with Gasteiger partial charge in [-0.1, -0.05) is 0 Å². The van der Waals surface area contributed by atoms with Crippen LogP contribution in [-0.4, -0.2) is 36.0 Å². The van der Waals surface area contributed by atoms with Gasteiger partial charge in [0.2, 0.25) is 11.7 Å². The number of hydrogen-bond donors (Lipinski definition) is 1. The summed E-state index contributed by atoms with van der Waals surface area (Å²) in [5.74, 6) is 0.255. The predicted octanol–water partition coefficient (Wildman–Crippen LogP) is 1.71. The normalized spacial score (nSPS) is 21.9. The molecule has 0 radical (unpaired) electrons. The molecule has 2 heterocycles. The van der Waals surface area contributed by atoms with E-state index < -0.39 is 10.3 Å². The lowest BCUT2D eigenvalue weighted by Crippen LogP contribution is -2.39. The maximum atomic E-state index is 11.9. The quantitative estimate of drug-likeness (QED) is 0.667. The lowest BCUT2D eigenvalue weighted by Gasteiger charge is -2.23. The van der Waals surface area contributed by atoms with Gasteiger partial charge in [-0.25, -0.2) is 4.98 Å². The maximum Gasteiger partial charge on any atom is 0.312 e. The van der Waals surface area contributed by atoms with Crippen LogP contribution in [0.3, 0.4) is 0 Å². The van der Waals surface area contributed by atoms with Gasteiger partial charge in [0.15, 0.2) is 0 Å². The molecule has 108 valence electrons. The molecular formula is C12H15BrN4O3. The minimum Gasteiger partial charge on any atom is -0.359 e. The molecule has 0 spiro atoms. The summed E-state index contributed by atoms with van der Waals surface area (Å²) in [7, 11) is 1.59. The van der Waals surface area contributed by atoms with Gasteiger partial charge in [0, 0.05) is 36.9 Å². The molecule has 1 atom stereocenters. The van der Waals surface area contributed by atoms with E-state index in [9.17, 15) is 14.9 Å². The number of pyridine rings is 1. The second kappa shape index (κ2) is 5.35. The highest BCUT2D eigenvalue weighted by Crippen LogP contribution is 2.37. The first-order valence-corrected chi connectivity index (χ1v) is 6.94. The Hall–Kier alpha value is -1.70. The summed E-state index contributed by atoms with van der Waals surface area (Å²) in [6.45, 7) is 2.85. The van der Waals surface area contributed by atoms with Gasteiger partial charge in [-0.2, -0.15) is 0 Å². The molecule has 1 saturated heterocycles. The monoisotopic (exact) mass is 342 g/mol. The van der Waals surface area contributed by atoms with E-state index in [0.29, 0.717) is 29.8 Å². The van der Waals surface area contributed by atoms with Crippen molar-refractivity contribution in [1.29, 1.82) is 0 Å². The molecule has 8 heteroatoms. The van der Waals surface area contributed by atoms with Crippen LogP contribution in [0.25, 0.3) is 0 Å². The van der Waals surface area contributed by atoms with Crippen molar-refractivity contribution in [1.82, 2.24) is 10.3 Å². The van der Waals surface area contributed by atoms with Crippen LogP contribution < -0.4 is 10.2 Å². The van der Waals surface area contributed by atoms with Crippen molar-refractivity contribution in [2.24, 2.45) is 5.41 Å². The largest absolute Gasteiger partial charge is 0.359 e. The van der Waals surface area contributed by atoms with E-state index in [1.165, 1.54) is 12.3 Å². The standard InChI is InChI=1S/C12H15BrN4O3/c1-12(11(18)14-2)3-4-16(7-12)10-9(17(19)20)5-8(13)6-15-10/h5-6H,3-4,7H2,1-2H3,(H,14,18). The van der Waals surface area contributed by atoms with Crippen molar-refractivity contribution in [3.05, 3.63) is 26.9 Å². The highest BCUT2D eigenvalue weighted by molar-refractivity contribution is 9.10. The van der Waals surface area contributed by atoms with Crippen LogP contribution >= 0.6 is 15.9 Å². The second-order valence-electron chi connectivity index (χ2n) is 5.06. The summed E-state index contributed by atoms with van der Waals surface area (Å²) < 4.78 is 0.557. The minimum atomic E-state index is -0.544. The Labute approximate surface area is 124 Å². The van der Waals surface area contributed by atoms with E-state index in [1.807, 2.05) is 6.92 Å². The van der Waals surface area contributed by atoms with Crippen LogP contribution in [0.5, 0.6) is 0 Å². The van der Waals surface area contributed by atoms with Crippen molar-refractivity contribution >= 4 is 33.3 Å². The number of rotatable bonds is 3. The Bertz CT molecular complexity index is 566. The Balaban J connectivity index is 2.31. The SMILES string of the molecule is CNC(=O)C1(C)CCN(c2ncc(Br)cc2[N+](=O)[O-])C1. The Morgan fingerprint density at radius 1 is 1.65 bits per heavy atom. The van der Waals surface area contributed by atoms with Crippen molar-refractivity contribution in [2.45, 2.75) is 13.3 Å². The molecule has 7 nitrogen and oxygen atoms in total. The summed E-state index contributed by atoms with van der Waals surface area (Å²) in [4.78, 5) is 28.5. The van der Waals surface area contributed by atoms with E-state index in [4.69, 9.17) is 0 Å². The number of carbonyl (C=O) groups is 1. The van der Waals surface area contributed by atoms with Gasteiger partial charge in [0.1, 0.15) is 0 Å². The first-order chi connectivity index (χ1) is 9.37. The van der Waals surface area contributed by atoms with Gasteiger partial charge in [0.05, 0.1) is 10.3 Å². The molecule has 1 fully saturated rings. The topological polar surface area (TPSA) is 88.4 Å². The Kier molecular flexibility index (Phi) is 3.94. The molecule has 1 aliphatic rings. The van der Waals surface area contributed by atoms with Gasteiger partial charge in [-0.15, -0.1) is 0 Å². The van der Waals surface area contributed by atoms with Crippen LogP contribution in [0.4, 0.5) is 11.5 Å². The third-order valence-corrected chi connectivity index (χ3v) is 3.99. The number of hydrogen-bond acceptors (Lipinski definition) is 5. The van der Waals surface area contributed by atoms with Crippen molar-refractivity contribution in [3.8, 4) is 0 Å². The highest BCUT2D eigenvalue weighted by Gasteiger charge is 2.41. The fraction of sp³-hybridized carbons (Fsp3) is 0.500. The molecule has 2 rings (SSSR count). The fourth-order valence-corrected chi connectivity index (χ4v) is 2.75. The van der Waals surface area contributed by atoms with Gasteiger partial charge < -0.3 is 10.2 Å². The van der Waals surface area contributed by atoms with E-state index in [2.05, 4.69) is 26.2 Å². The number of aromatic nitrogens is 1. The van der Waals surface area contributed by atoms with E-state index in [-0.39, 0.29) is 11.6 Å². The summed E-state index contributed by atoms with van der Waals surface area (Å²) >= 11 is 3.18. The molecule has 20 heavy (non-hydrogen) atoms. The zero-order chi connectivity index (χ0) is 14.9. The van der Waals surface area contributed by atoms with Gasteiger partial charge in [-0.3, -0.25) is 14.9 Å². The molecule has 0 saturated carbocycles. The average Bonchev–Trinajstić information content (AvgIpc) is 2.81. The van der Waals surface area contributed by atoms with Crippen molar-refractivity contribution in [2.75, 3.05) is 25.0 Å². The molecule has 1 aromatic rings. The van der Waals surface area contributed by atoms with Gasteiger partial charge in [0.25, 0.3) is 0 Å². The molecular weight excluding hydrogens is 328 g/mol. The van der Waals surface area contributed by atoms with Crippen LogP contribution in [0.2, 0.25) is 0 Å². The number of anilines is 1. The number of nitrogens with one attached hydrogen (secondary N) is 1. The van der Waals surface area contributed by atoms with E-state index >= 15 is 0 Å². The van der Waals surface area contributed by atoms with Crippen LogP contribution in [0.15, 0.2) is 16.7 Å². The second-order valence-corrected chi connectivity index (χ2v) is 5.98. The zero-order valence-corrected chi connectivity index (χ0v) is 12.8. The number of carbonyl (C=O) groups excluding carboxylic acids is 1. The van der Waals surface area contributed by atoms with E-state index in [0.717, 1.165) is 0 Å².